The number of nitrogens with zero attached hydrogens (tertiary/aromatic N) is 2. The van der Waals surface area contributed by atoms with Gasteiger partial charge in [-0.05, 0) is 56.9 Å². The first-order chi connectivity index (χ1) is 13.4. The Morgan fingerprint density at radius 3 is 2.21 bits per heavy atom. The Hall–Kier alpha value is -2.66. The first-order valence-corrected chi connectivity index (χ1v) is 9.88. The number of para-hydroxylation sites is 2. The van der Waals surface area contributed by atoms with Gasteiger partial charge in [-0.25, -0.2) is 0 Å². The van der Waals surface area contributed by atoms with Gasteiger partial charge in [0.15, 0.2) is 6.17 Å². The monoisotopic (exact) mass is 379 g/mol. The highest BCUT2D eigenvalue weighted by atomic mass is 16.2. The van der Waals surface area contributed by atoms with E-state index >= 15 is 0 Å². The van der Waals surface area contributed by atoms with Crippen LogP contribution in [0.25, 0.3) is 0 Å². The quantitative estimate of drug-likeness (QED) is 0.854. The number of hydrogen-bond donors (Lipinski definition) is 1. The average molecular weight is 380 g/mol. The lowest BCUT2D eigenvalue weighted by Gasteiger charge is -2.30. The van der Waals surface area contributed by atoms with Crippen molar-refractivity contribution in [1.29, 1.82) is 0 Å². The van der Waals surface area contributed by atoms with E-state index in [1.807, 2.05) is 75.1 Å². The number of rotatable bonds is 5. The van der Waals surface area contributed by atoms with Crippen LogP contribution in [0.4, 0.5) is 11.4 Å². The molecule has 3 rings (SSSR count). The number of carbonyl (C=O) groups is 2. The fraction of sp³-hybridized carbons (Fsp3) is 0.391. The Labute approximate surface area is 167 Å². The Morgan fingerprint density at radius 2 is 1.61 bits per heavy atom. The fourth-order valence-electron chi connectivity index (χ4n) is 3.95. The first-order valence-electron chi connectivity index (χ1n) is 9.88. The number of aryl methyl sites for hydroxylation is 3. The molecule has 0 bridgehead atoms. The van der Waals surface area contributed by atoms with Gasteiger partial charge in [0, 0.05) is 17.9 Å². The third-order valence-electron chi connectivity index (χ3n) is 5.47. The SMILES string of the molecule is CCCN1C(C)C(=O)N(c2ccccc2C)C1C(=O)Nc1c(C)cccc1C. The molecule has 1 heterocycles. The van der Waals surface area contributed by atoms with Gasteiger partial charge < -0.3 is 5.32 Å². The van der Waals surface area contributed by atoms with E-state index in [4.69, 9.17) is 0 Å². The predicted molar refractivity (Wildman–Crippen MR) is 113 cm³/mol. The molecule has 0 spiro atoms. The largest absolute Gasteiger partial charge is 0.323 e. The topological polar surface area (TPSA) is 52.7 Å². The Balaban J connectivity index is 2.03. The maximum atomic E-state index is 13.4. The van der Waals surface area contributed by atoms with Crippen LogP contribution in [-0.2, 0) is 9.59 Å². The van der Waals surface area contributed by atoms with Crippen molar-refractivity contribution >= 4 is 23.2 Å². The van der Waals surface area contributed by atoms with Crippen LogP contribution in [0.15, 0.2) is 42.5 Å². The molecule has 1 fully saturated rings. The maximum absolute atomic E-state index is 13.4. The molecule has 2 amide bonds. The molecular weight excluding hydrogens is 350 g/mol. The fourth-order valence-corrected chi connectivity index (χ4v) is 3.95. The van der Waals surface area contributed by atoms with E-state index < -0.39 is 6.17 Å². The second-order valence-corrected chi connectivity index (χ2v) is 7.54. The summed E-state index contributed by atoms with van der Waals surface area (Å²) in [5.41, 5.74) is 4.61. The molecule has 0 aliphatic carbocycles. The minimum atomic E-state index is -0.664. The summed E-state index contributed by atoms with van der Waals surface area (Å²) in [7, 11) is 0. The van der Waals surface area contributed by atoms with Gasteiger partial charge >= 0.3 is 0 Å². The number of benzene rings is 2. The zero-order valence-corrected chi connectivity index (χ0v) is 17.3. The van der Waals surface area contributed by atoms with Crippen LogP contribution in [0.3, 0.4) is 0 Å². The smallest absolute Gasteiger partial charge is 0.262 e. The average Bonchev–Trinajstić information content (AvgIpc) is 2.90. The van der Waals surface area contributed by atoms with E-state index in [9.17, 15) is 9.59 Å². The van der Waals surface area contributed by atoms with Gasteiger partial charge in [0.1, 0.15) is 0 Å². The van der Waals surface area contributed by atoms with Crippen molar-refractivity contribution in [2.75, 3.05) is 16.8 Å². The van der Waals surface area contributed by atoms with Crippen LogP contribution < -0.4 is 10.2 Å². The van der Waals surface area contributed by atoms with Crippen LogP contribution in [0.2, 0.25) is 0 Å². The van der Waals surface area contributed by atoms with Crippen molar-refractivity contribution in [3.05, 3.63) is 59.2 Å². The van der Waals surface area contributed by atoms with Crippen LogP contribution in [0.1, 0.15) is 37.0 Å². The van der Waals surface area contributed by atoms with Crippen LogP contribution in [0.5, 0.6) is 0 Å². The van der Waals surface area contributed by atoms with Crippen molar-refractivity contribution in [2.24, 2.45) is 0 Å². The highest BCUT2D eigenvalue weighted by molar-refractivity contribution is 6.09. The third-order valence-corrected chi connectivity index (χ3v) is 5.47. The minimum Gasteiger partial charge on any atom is -0.323 e. The van der Waals surface area contributed by atoms with Crippen molar-refractivity contribution in [2.45, 2.75) is 53.2 Å². The lowest BCUT2D eigenvalue weighted by atomic mass is 10.1. The minimum absolute atomic E-state index is 0.0376. The van der Waals surface area contributed by atoms with Gasteiger partial charge in [0.2, 0.25) is 5.91 Å². The first kappa shape index (κ1) is 20.1. The molecule has 2 aromatic rings. The van der Waals surface area contributed by atoms with Gasteiger partial charge in [-0.1, -0.05) is 43.3 Å². The molecule has 2 unspecified atom stereocenters. The van der Waals surface area contributed by atoms with E-state index in [-0.39, 0.29) is 17.9 Å². The predicted octanol–water partition coefficient (Wildman–Crippen LogP) is 4.02. The van der Waals surface area contributed by atoms with Gasteiger partial charge in [-0.3, -0.25) is 19.4 Å². The van der Waals surface area contributed by atoms with E-state index in [1.54, 1.807) is 4.90 Å². The van der Waals surface area contributed by atoms with Gasteiger partial charge in [-0.15, -0.1) is 0 Å². The van der Waals surface area contributed by atoms with Crippen LogP contribution in [0, 0.1) is 20.8 Å². The molecule has 1 aliphatic rings. The number of carbonyl (C=O) groups excluding carboxylic acids is 2. The molecule has 5 nitrogen and oxygen atoms in total. The number of hydrogen-bond acceptors (Lipinski definition) is 3. The van der Waals surface area contributed by atoms with Crippen molar-refractivity contribution < 1.29 is 9.59 Å². The third kappa shape index (κ3) is 3.54. The highest BCUT2D eigenvalue weighted by Gasteiger charge is 2.48. The Morgan fingerprint density at radius 1 is 1.00 bits per heavy atom. The Kier molecular flexibility index (Phi) is 5.84. The lowest BCUT2D eigenvalue weighted by Crippen LogP contribution is -2.49. The summed E-state index contributed by atoms with van der Waals surface area (Å²) in [5, 5.41) is 3.09. The molecule has 0 saturated carbocycles. The van der Waals surface area contributed by atoms with Gasteiger partial charge in [-0.2, -0.15) is 0 Å². The van der Waals surface area contributed by atoms with Crippen molar-refractivity contribution in [3.8, 4) is 0 Å². The molecule has 1 aliphatic heterocycles. The molecule has 28 heavy (non-hydrogen) atoms. The molecule has 2 aromatic carbocycles. The summed E-state index contributed by atoms with van der Waals surface area (Å²) in [4.78, 5) is 30.3. The number of nitrogens with one attached hydrogen (secondary N) is 1. The molecular formula is C23H29N3O2. The van der Waals surface area contributed by atoms with E-state index in [0.717, 1.165) is 34.5 Å². The zero-order chi connectivity index (χ0) is 20.4. The second-order valence-electron chi connectivity index (χ2n) is 7.54. The second kappa shape index (κ2) is 8.15. The van der Waals surface area contributed by atoms with Crippen LogP contribution >= 0.6 is 0 Å². The molecule has 148 valence electrons. The molecule has 1 N–H and O–H groups in total. The summed E-state index contributed by atoms with van der Waals surface area (Å²) in [6.45, 7) is 10.6. The van der Waals surface area contributed by atoms with E-state index in [2.05, 4.69) is 12.2 Å². The van der Waals surface area contributed by atoms with Gasteiger partial charge in [0.05, 0.1) is 6.04 Å². The lowest BCUT2D eigenvalue weighted by molar-refractivity contribution is -0.121. The van der Waals surface area contributed by atoms with Crippen molar-refractivity contribution in [1.82, 2.24) is 4.90 Å². The molecule has 5 heteroatoms. The van der Waals surface area contributed by atoms with Gasteiger partial charge in [0.25, 0.3) is 5.91 Å². The molecule has 0 aromatic heterocycles. The maximum Gasteiger partial charge on any atom is 0.262 e. The number of anilines is 2. The van der Waals surface area contributed by atoms with Crippen LogP contribution in [-0.4, -0.2) is 35.5 Å². The zero-order valence-electron chi connectivity index (χ0n) is 17.3. The van der Waals surface area contributed by atoms with E-state index in [1.165, 1.54) is 0 Å². The summed E-state index contributed by atoms with van der Waals surface area (Å²) in [5.74, 6) is -0.212. The summed E-state index contributed by atoms with van der Waals surface area (Å²) in [6, 6.07) is 13.3. The molecule has 1 saturated heterocycles. The molecule has 0 radical (unpaired) electrons. The highest BCUT2D eigenvalue weighted by Crippen LogP contribution is 2.32. The summed E-state index contributed by atoms with van der Waals surface area (Å²) in [6.07, 6.45) is 0.203. The van der Waals surface area contributed by atoms with Crippen molar-refractivity contribution in [3.63, 3.8) is 0 Å². The molecule has 2 atom stereocenters. The summed E-state index contributed by atoms with van der Waals surface area (Å²) < 4.78 is 0. The normalized spacial score (nSPS) is 19.9. The number of amides is 2. The van der Waals surface area contributed by atoms with E-state index in [0.29, 0.717) is 6.54 Å². The standard InChI is InChI=1S/C23H29N3O2/c1-6-14-25-18(5)23(28)26(19-13-8-7-10-15(19)2)22(25)21(27)24-20-16(3)11-9-12-17(20)4/h7-13,18,22H,6,14H2,1-5H3,(H,24,27). The summed E-state index contributed by atoms with van der Waals surface area (Å²) >= 11 is 0. The Bertz CT molecular complexity index is 873.